The predicted molar refractivity (Wildman–Crippen MR) is 115 cm³/mol. The smallest absolute Gasteiger partial charge is 0.253 e. The molecule has 3 aromatic rings. The molecule has 0 radical (unpaired) electrons. The van der Waals surface area contributed by atoms with Gasteiger partial charge in [-0.3, -0.25) is 9.59 Å². The molecule has 0 aliphatic carbocycles. The van der Waals surface area contributed by atoms with E-state index in [0.29, 0.717) is 11.3 Å². The van der Waals surface area contributed by atoms with Crippen LogP contribution in [0.2, 0.25) is 0 Å². The van der Waals surface area contributed by atoms with Gasteiger partial charge in [0.1, 0.15) is 11.3 Å². The lowest BCUT2D eigenvalue weighted by Gasteiger charge is -2.15. The van der Waals surface area contributed by atoms with Gasteiger partial charge >= 0.3 is 0 Å². The second kappa shape index (κ2) is 8.35. The Morgan fingerprint density at radius 3 is 2.69 bits per heavy atom. The van der Waals surface area contributed by atoms with E-state index >= 15 is 0 Å². The monoisotopic (exact) mass is 388 g/mol. The van der Waals surface area contributed by atoms with E-state index in [4.69, 9.17) is 4.42 Å². The van der Waals surface area contributed by atoms with Crippen LogP contribution in [0.15, 0.2) is 59.0 Å². The first-order valence-electron chi connectivity index (χ1n) is 10.0. The summed E-state index contributed by atoms with van der Waals surface area (Å²) in [5.74, 6) is 0.628. The lowest BCUT2D eigenvalue weighted by molar-refractivity contribution is -0.111. The van der Waals surface area contributed by atoms with Gasteiger partial charge in [-0.25, -0.2) is 0 Å². The fourth-order valence-electron chi connectivity index (χ4n) is 3.74. The number of carbonyl (C=O) groups excluding carboxylic acids is 2. The Bertz CT molecular complexity index is 1070. The highest BCUT2D eigenvalue weighted by Crippen LogP contribution is 2.27. The maximum absolute atomic E-state index is 12.5. The van der Waals surface area contributed by atoms with Crippen LogP contribution in [-0.4, -0.2) is 29.8 Å². The number of likely N-dealkylation sites (tertiary alicyclic amines) is 1. The topological polar surface area (TPSA) is 62.6 Å². The highest BCUT2D eigenvalue weighted by atomic mass is 16.3. The minimum atomic E-state index is -0.247. The van der Waals surface area contributed by atoms with Crippen LogP contribution in [0.5, 0.6) is 0 Å². The van der Waals surface area contributed by atoms with Gasteiger partial charge in [0.15, 0.2) is 0 Å². The van der Waals surface area contributed by atoms with Gasteiger partial charge in [-0.15, -0.1) is 0 Å². The van der Waals surface area contributed by atoms with E-state index < -0.39 is 0 Å². The van der Waals surface area contributed by atoms with Crippen molar-refractivity contribution >= 4 is 34.5 Å². The number of aryl methyl sites for hydroxylation is 1. The van der Waals surface area contributed by atoms with Crippen LogP contribution in [-0.2, 0) is 11.2 Å². The van der Waals surface area contributed by atoms with E-state index in [9.17, 15) is 9.59 Å². The fraction of sp³-hybridized carbons (Fsp3) is 0.250. The van der Waals surface area contributed by atoms with E-state index in [1.165, 1.54) is 6.08 Å². The summed E-state index contributed by atoms with van der Waals surface area (Å²) >= 11 is 0. The van der Waals surface area contributed by atoms with Gasteiger partial charge in [-0.05, 0) is 43.2 Å². The summed E-state index contributed by atoms with van der Waals surface area (Å²) in [5, 5.41) is 3.84. The SMILES string of the molecule is CCc1oc2ccccc2c1/C=C/C(=O)Nc1cccc(C(=O)N2CCCC2)c1. The Labute approximate surface area is 170 Å². The number of furan rings is 1. The van der Waals surface area contributed by atoms with E-state index in [2.05, 4.69) is 5.32 Å². The van der Waals surface area contributed by atoms with Crippen molar-refractivity contribution in [2.75, 3.05) is 18.4 Å². The number of rotatable bonds is 5. The number of carbonyl (C=O) groups is 2. The van der Waals surface area contributed by atoms with Crippen LogP contribution in [0, 0.1) is 0 Å². The zero-order chi connectivity index (χ0) is 20.2. The summed E-state index contributed by atoms with van der Waals surface area (Å²) in [6.45, 7) is 3.63. The van der Waals surface area contributed by atoms with E-state index in [0.717, 1.165) is 54.6 Å². The highest BCUT2D eigenvalue weighted by Gasteiger charge is 2.19. The Hall–Kier alpha value is -3.34. The molecule has 1 fully saturated rings. The maximum Gasteiger partial charge on any atom is 0.253 e. The molecule has 0 atom stereocenters. The van der Waals surface area contributed by atoms with Crippen molar-refractivity contribution in [3.63, 3.8) is 0 Å². The zero-order valence-corrected chi connectivity index (χ0v) is 16.5. The average molecular weight is 388 g/mol. The van der Waals surface area contributed by atoms with Crippen LogP contribution in [0.4, 0.5) is 5.69 Å². The molecule has 0 saturated carbocycles. The van der Waals surface area contributed by atoms with Gasteiger partial charge in [0.2, 0.25) is 5.91 Å². The molecule has 29 heavy (non-hydrogen) atoms. The number of nitrogens with zero attached hydrogens (tertiary/aromatic N) is 1. The first-order chi connectivity index (χ1) is 14.2. The van der Waals surface area contributed by atoms with Crippen LogP contribution in [0.25, 0.3) is 17.0 Å². The van der Waals surface area contributed by atoms with Crippen molar-refractivity contribution < 1.29 is 14.0 Å². The second-order valence-corrected chi connectivity index (χ2v) is 7.19. The van der Waals surface area contributed by atoms with Crippen LogP contribution >= 0.6 is 0 Å². The molecular formula is C24H24N2O3. The molecule has 1 aliphatic heterocycles. The molecule has 4 rings (SSSR count). The van der Waals surface area contributed by atoms with E-state index in [1.807, 2.05) is 36.1 Å². The number of para-hydroxylation sites is 1. The third-order valence-electron chi connectivity index (χ3n) is 5.20. The Balaban J connectivity index is 1.49. The number of amides is 2. The Kier molecular flexibility index (Phi) is 5.47. The van der Waals surface area contributed by atoms with Gasteiger partial charge in [0, 0.05) is 47.8 Å². The third-order valence-corrected chi connectivity index (χ3v) is 5.20. The molecule has 148 valence electrons. The number of fused-ring (bicyclic) bond motifs is 1. The molecule has 1 aromatic heterocycles. The first kappa shape index (κ1) is 19.0. The quantitative estimate of drug-likeness (QED) is 0.634. The molecule has 0 spiro atoms. The van der Waals surface area contributed by atoms with Gasteiger partial charge in [0.05, 0.1) is 0 Å². The predicted octanol–water partition coefficient (Wildman–Crippen LogP) is 4.88. The summed E-state index contributed by atoms with van der Waals surface area (Å²) in [6.07, 6.45) is 6.14. The largest absolute Gasteiger partial charge is 0.460 e. The number of anilines is 1. The van der Waals surface area contributed by atoms with Crippen molar-refractivity contribution in [1.29, 1.82) is 0 Å². The molecule has 0 unspecified atom stereocenters. The van der Waals surface area contributed by atoms with Gasteiger partial charge < -0.3 is 14.6 Å². The molecule has 2 aromatic carbocycles. The summed E-state index contributed by atoms with van der Waals surface area (Å²) in [5.41, 5.74) is 2.95. The Morgan fingerprint density at radius 2 is 1.90 bits per heavy atom. The van der Waals surface area contributed by atoms with Crippen molar-refractivity contribution in [3.8, 4) is 0 Å². The maximum atomic E-state index is 12.5. The zero-order valence-electron chi connectivity index (χ0n) is 16.5. The molecule has 2 amide bonds. The third kappa shape index (κ3) is 4.09. The summed E-state index contributed by atoms with van der Waals surface area (Å²) in [7, 11) is 0. The molecule has 1 N–H and O–H groups in total. The lowest BCUT2D eigenvalue weighted by Crippen LogP contribution is -2.27. The fourth-order valence-corrected chi connectivity index (χ4v) is 3.74. The number of hydrogen-bond acceptors (Lipinski definition) is 3. The van der Waals surface area contributed by atoms with E-state index in [-0.39, 0.29) is 11.8 Å². The van der Waals surface area contributed by atoms with Crippen molar-refractivity contribution in [1.82, 2.24) is 4.90 Å². The number of hydrogen-bond donors (Lipinski definition) is 1. The van der Waals surface area contributed by atoms with Crippen molar-refractivity contribution in [2.45, 2.75) is 26.2 Å². The van der Waals surface area contributed by atoms with Gasteiger partial charge in [-0.2, -0.15) is 0 Å². The summed E-state index contributed by atoms with van der Waals surface area (Å²) in [4.78, 5) is 26.9. The molecule has 5 heteroatoms. The standard InChI is InChI=1S/C24H24N2O3/c1-2-21-20(19-10-3-4-11-22(19)29-21)12-13-23(27)25-18-9-7-8-17(16-18)24(28)26-14-5-6-15-26/h3-4,7-13,16H,2,5-6,14-15H2,1H3,(H,25,27)/b13-12+. The average Bonchev–Trinajstić information content (AvgIpc) is 3.40. The van der Waals surface area contributed by atoms with Crippen molar-refractivity contribution in [3.05, 3.63) is 71.5 Å². The molecular weight excluding hydrogens is 364 g/mol. The lowest BCUT2D eigenvalue weighted by atomic mass is 10.1. The Morgan fingerprint density at radius 1 is 1.10 bits per heavy atom. The molecule has 5 nitrogen and oxygen atoms in total. The number of nitrogens with one attached hydrogen (secondary N) is 1. The molecule has 0 bridgehead atoms. The normalized spacial score (nSPS) is 14.0. The molecule has 1 saturated heterocycles. The van der Waals surface area contributed by atoms with Gasteiger partial charge in [0.25, 0.3) is 5.91 Å². The minimum absolute atomic E-state index is 0.0200. The van der Waals surface area contributed by atoms with Gasteiger partial charge in [-0.1, -0.05) is 31.2 Å². The van der Waals surface area contributed by atoms with Crippen LogP contribution in [0.1, 0.15) is 41.4 Å². The summed E-state index contributed by atoms with van der Waals surface area (Å²) < 4.78 is 5.86. The highest BCUT2D eigenvalue weighted by molar-refractivity contribution is 6.04. The first-order valence-corrected chi connectivity index (χ1v) is 10.0. The summed E-state index contributed by atoms with van der Waals surface area (Å²) in [6, 6.07) is 14.9. The van der Waals surface area contributed by atoms with Crippen LogP contribution < -0.4 is 5.32 Å². The minimum Gasteiger partial charge on any atom is -0.460 e. The second-order valence-electron chi connectivity index (χ2n) is 7.19. The van der Waals surface area contributed by atoms with E-state index in [1.54, 1.807) is 30.3 Å². The molecule has 2 heterocycles. The van der Waals surface area contributed by atoms with Crippen LogP contribution in [0.3, 0.4) is 0 Å². The van der Waals surface area contributed by atoms with Crippen molar-refractivity contribution in [2.24, 2.45) is 0 Å². The molecule has 1 aliphatic rings. The number of benzene rings is 2.